The van der Waals surface area contributed by atoms with E-state index in [2.05, 4.69) is 5.32 Å². The van der Waals surface area contributed by atoms with E-state index in [4.69, 9.17) is 0 Å². The third-order valence-corrected chi connectivity index (χ3v) is 5.69. The van der Waals surface area contributed by atoms with Gasteiger partial charge in [0.05, 0.1) is 12.2 Å². The van der Waals surface area contributed by atoms with Crippen LogP contribution in [0.4, 0.5) is 18.9 Å². The van der Waals surface area contributed by atoms with Crippen LogP contribution < -0.4 is 10.2 Å². The van der Waals surface area contributed by atoms with E-state index in [0.29, 0.717) is 17.8 Å². The standard InChI is InChI=1S/C17H13F3N2OS/c18-11-3-4-15-13(7-11)17(21-5-6-24-17)16(23)22(15)9-10-1-2-12(19)8-14(10)20/h1-4,7-8,21H,5-6,9H2. The molecule has 1 saturated heterocycles. The van der Waals surface area contributed by atoms with Gasteiger partial charge in [0.15, 0.2) is 4.87 Å². The van der Waals surface area contributed by atoms with Crippen molar-refractivity contribution in [3.8, 4) is 0 Å². The number of carbonyl (C=O) groups is 1. The molecule has 2 aliphatic heterocycles. The van der Waals surface area contributed by atoms with Crippen molar-refractivity contribution in [1.29, 1.82) is 0 Å². The first-order chi connectivity index (χ1) is 11.5. The summed E-state index contributed by atoms with van der Waals surface area (Å²) >= 11 is 1.41. The zero-order valence-electron chi connectivity index (χ0n) is 12.5. The first-order valence-corrected chi connectivity index (χ1v) is 8.45. The van der Waals surface area contributed by atoms with Gasteiger partial charge in [-0.05, 0) is 24.3 Å². The van der Waals surface area contributed by atoms with E-state index >= 15 is 0 Å². The number of carbonyl (C=O) groups excluding carboxylic acids is 1. The molecule has 1 unspecified atom stereocenters. The number of thioether (sulfide) groups is 1. The largest absolute Gasteiger partial charge is 0.305 e. The molecule has 0 saturated carbocycles. The Labute approximate surface area is 140 Å². The summed E-state index contributed by atoms with van der Waals surface area (Å²) in [5, 5.41) is 3.16. The minimum atomic E-state index is -1.02. The minimum absolute atomic E-state index is 0.0342. The first kappa shape index (κ1) is 15.5. The fraction of sp³-hybridized carbons (Fsp3) is 0.235. The monoisotopic (exact) mass is 350 g/mol. The Hall–Kier alpha value is -1.99. The summed E-state index contributed by atoms with van der Waals surface area (Å²) in [5.41, 5.74) is 1.31. The lowest BCUT2D eigenvalue weighted by atomic mass is 10.1. The van der Waals surface area contributed by atoms with Crippen LogP contribution in [0, 0.1) is 17.5 Å². The number of nitrogens with zero attached hydrogens (tertiary/aromatic N) is 1. The maximum Gasteiger partial charge on any atom is 0.262 e. The summed E-state index contributed by atoms with van der Waals surface area (Å²) in [7, 11) is 0. The normalized spacial score (nSPS) is 22.5. The summed E-state index contributed by atoms with van der Waals surface area (Å²) < 4.78 is 40.8. The molecule has 0 aromatic heterocycles. The molecule has 124 valence electrons. The van der Waals surface area contributed by atoms with Crippen LogP contribution in [0.25, 0.3) is 0 Å². The zero-order chi connectivity index (χ0) is 16.9. The molecule has 0 aliphatic carbocycles. The van der Waals surface area contributed by atoms with Crippen LogP contribution in [0.15, 0.2) is 36.4 Å². The summed E-state index contributed by atoms with van der Waals surface area (Å²) in [6, 6.07) is 7.42. The first-order valence-electron chi connectivity index (χ1n) is 7.46. The smallest absolute Gasteiger partial charge is 0.262 e. The number of nitrogens with one attached hydrogen (secondary N) is 1. The molecule has 1 fully saturated rings. The molecule has 1 spiro atoms. The SMILES string of the molecule is O=C1N(Cc2ccc(F)cc2F)c2ccc(F)cc2C12NCCS2. The maximum absolute atomic E-state index is 14.0. The Morgan fingerprint density at radius 1 is 1.12 bits per heavy atom. The molecular formula is C17H13F3N2OS. The molecule has 1 atom stereocenters. The summed E-state index contributed by atoms with van der Waals surface area (Å²) in [6.45, 7) is 0.596. The van der Waals surface area contributed by atoms with Gasteiger partial charge in [0, 0.05) is 29.5 Å². The van der Waals surface area contributed by atoms with Gasteiger partial charge in [0.2, 0.25) is 0 Å². The van der Waals surface area contributed by atoms with Gasteiger partial charge in [-0.15, -0.1) is 11.8 Å². The van der Waals surface area contributed by atoms with E-state index in [9.17, 15) is 18.0 Å². The summed E-state index contributed by atoms with van der Waals surface area (Å²) in [6.07, 6.45) is 0. The number of fused-ring (bicyclic) bond motifs is 2. The topological polar surface area (TPSA) is 32.3 Å². The van der Waals surface area contributed by atoms with Gasteiger partial charge >= 0.3 is 0 Å². The molecule has 1 N–H and O–H groups in total. The molecule has 0 bridgehead atoms. The molecule has 0 radical (unpaired) electrons. The van der Waals surface area contributed by atoms with Gasteiger partial charge in [-0.1, -0.05) is 6.07 Å². The number of hydrogen-bond acceptors (Lipinski definition) is 3. The molecule has 1 amide bonds. The lowest BCUT2D eigenvalue weighted by Gasteiger charge is -2.23. The van der Waals surface area contributed by atoms with E-state index in [1.165, 1.54) is 40.9 Å². The van der Waals surface area contributed by atoms with Crippen LogP contribution >= 0.6 is 11.8 Å². The highest BCUT2D eigenvalue weighted by Gasteiger charge is 2.53. The number of anilines is 1. The zero-order valence-corrected chi connectivity index (χ0v) is 13.3. The molecule has 7 heteroatoms. The fourth-order valence-electron chi connectivity index (χ4n) is 3.21. The number of rotatable bonds is 2. The molecule has 2 aliphatic rings. The van der Waals surface area contributed by atoms with Crippen molar-refractivity contribution in [2.24, 2.45) is 0 Å². The van der Waals surface area contributed by atoms with Gasteiger partial charge in [-0.25, -0.2) is 13.2 Å². The quantitative estimate of drug-likeness (QED) is 0.903. The Kier molecular flexibility index (Phi) is 3.58. The van der Waals surface area contributed by atoms with Crippen molar-refractivity contribution in [3.63, 3.8) is 0 Å². The molecule has 4 rings (SSSR count). The van der Waals surface area contributed by atoms with Gasteiger partial charge in [0.25, 0.3) is 5.91 Å². The van der Waals surface area contributed by atoms with E-state index in [1.807, 2.05) is 0 Å². The number of hydrogen-bond donors (Lipinski definition) is 1. The number of halogens is 3. The average Bonchev–Trinajstić information content (AvgIpc) is 3.11. The lowest BCUT2D eigenvalue weighted by Crippen LogP contribution is -2.44. The highest BCUT2D eigenvalue weighted by molar-refractivity contribution is 8.01. The average molecular weight is 350 g/mol. The van der Waals surface area contributed by atoms with Crippen molar-refractivity contribution < 1.29 is 18.0 Å². The molecule has 2 heterocycles. The van der Waals surface area contributed by atoms with Crippen LogP contribution in [-0.4, -0.2) is 18.2 Å². The molecule has 24 heavy (non-hydrogen) atoms. The van der Waals surface area contributed by atoms with Gasteiger partial charge in [-0.2, -0.15) is 0 Å². The van der Waals surface area contributed by atoms with Gasteiger partial charge < -0.3 is 4.90 Å². The maximum atomic E-state index is 14.0. The second-order valence-electron chi connectivity index (χ2n) is 5.74. The predicted molar refractivity (Wildman–Crippen MR) is 86.1 cm³/mol. The fourth-order valence-corrected chi connectivity index (χ4v) is 4.48. The van der Waals surface area contributed by atoms with Crippen molar-refractivity contribution in [2.45, 2.75) is 11.4 Å². The summed E-state index contributed by atoms with van der Waals surface area (Å²) in [4.78, 5) is 13.4. The molecule has 3 nitrogen and oxygen atoms in total. The van der Waals surface area contributed by atoms with Crippen LogP contribution in [0.3, 0.4) is 0 Å². The van der Waals surface area contributed by atoms with E-state index in [0.717, 1.165) is 17.9 Å². The minimum Gasteiger partial charge on any atom is -0.305 e. The number of benzene rings is 2. The van der Waals surface area contributed by atoms with Crippen LogP contribution in [0.1, 0.15) is 11.1 Å². The predicted octanol–water partition coefficient (Wildman–Crippen LogP) is 3.14. The Bertz CT molecular complexity index is 837. The third kappa shape index (κ3) is 2.22. The second kappa shape index (κ2) is 5.53. The van der Waals surface area contributed by atoms with E-state index in [1.54, 1.807) is 0 Å². The molecule has 2 aromatic carbocycles. The van der Waals surface area contributed by atoms with E-state index < -0.39 is 22.3 Å². The Morgan fingerprint density at radius 3 is 2.58 bits per heavy atom. The van der Waals surface area contributed by atoms with Crippen LogP contribution in [0.2, 0.25) is 0 Å². The molecule has 2 aromatic rings. The van der Waals surface area contributed by atoms with Crippen molar-refractivity contribution >= 4 is 23.4 Å². The highest BCUT2D eigenvalue weighted by Crippen LogP contribution is 2.49. The third-order valence-electron chi connectivity index (χ3n) is 4.31. The lowest BCUT2D eigenvalue weighted by molar-refractivity contribution is -0.121. The van der Waals surface area contributed by atoms with Crippen molar-refractivity contribution in [3.05, 3.63) is 65.0 Å². The number of amides is 1. The van der Waals surface area contributed by atoms with Crippen molar-refractivity contribution in [2.75, 3.05) is 17.2 Å². The van der Waals surface area contributed by atoms with Crippen molar-refractivity contribution in [1.82, 2.24) is 5.32 Å². The summed E-state index contributed by atoms with van der Waals surface area (Å²) in [5.74, 6) is -1.34. The van der Waals surface area contributed by atoms with Crippen LogP contribution in [0.5, 0.6) is 0 Å². The Balaban J connectivity index is 1.78. The highest BCUT2D eigenvalue weighted by atomic mass is 32.2. The van der Waals surface area contributed by atoms with Gasteiger partial charge in [0.1, 0.15) is 17.5 Å². The Morgan fingerprint density at radius 2 is 1.88 bits per heavy atom. The van der Waals surface area contributed by atoms with Gasteiger partial charge in [-0.3, -0.25) is 10.1 Å². The van der Waals surface area contributed by atoms with Crippen LogP contribution in [-0.2, 0) is 16.2 Å². The second-order valence-corrected chi connectivity index (χ2v) is 7.05. The molecular weight excluding hydrogens is 337 g/mol. The van der Waals surface area contributed by atoms with E-state index in [-0.39, 0.29) is 18.0 Å².